The van der Waals surface area contributed by atoms with Gasteiger partial charge >= 0.3 is 0 Å². The molecule has 0 aliphatic heterocycles. The number of ether oxygens (including phenoxy) is 1. The first-order chi connectivity index (χ1) is 9.60. The fourth-order valence-electron chi connectivity index (χ4n) is 2.02. The van der Waals surface area contributed by atoms with Crippen LogP contribution in [0.25, 0.3) is 0 Å². The van der Waals surface area contributed by atoms with Gasteiger partial charge in [-0.3, -0.25) is 0 Å². The van der Waals surface area contributed by atoms with Crippen molar-refractivity contribution in [1.29, 1.82) is 0 Å². The van der Waals surface area contributed by atoms with Crippen molar-refractivity contribution < 1.29 is 4.74 Å². The second kappa shape index (κ2) is 6.33. The van der Waals surface area contributed by atoms with Crippen molar-refractivity contribution >= 4 is 17.1 Å². The van der Waals surface area contributed by atoms with Crippen LogP contribution >= 0.6 is 0 Å². The van der Waals surface area contributed by atoms with Gasteiger partial charge in [0.2, 0.25) is 0 Å². The van der Waals surface area contributed by atoms with E-state index in [9.17, 15) is 0 Å². The van der Waals surface area contributed by atoms with E-state index in [1.807, 2.05) is 25.2 Å². The molecule has 2 aromatic rings. The zero-order chi connectivity index (χ0) is 14.5. The lowest BCUT2D eigenvalue weighted by molar-refractivity contribution is 0.317. The van der Waals surface area contributed by atoms with Crippen molar-refractivity contribution in [2.24, 2.45) is 0 Å². The molecule has 0 atom stereocenters. The SMILES string of the molecule is CCCOc1cc(N)cc(N(C)c2ccc(C)cc2)c1. The van der Waals surface area contributed by atoms with Crippen LogP contribution in [0.15, 0.2) is 42.5 Å². The highest BCUT2D eigenvalue weighted by molar-refractivity contribution is 5.68. The van der Waals surface area contributed by atoms with Gasteiger partial charge in [0.25, 0.3) is 0 Å². The average molecular weight is 270 g/mol. The summed E-state index contributed by atoms with van der Waals surface area (Å²) in [5.41, 5.74) is 10.1. The Morgan fingerprint density at radius 1 is 1.05 bits per heavy atom. The molecule has 106 valence electrons. The summed E-state index contributed by atoms with van der Waals surface area (Å²) in [5.74, 6) is 0.820. The Labute approximate surface area is 121 Å². The summed E-state index contributed by atoms with van der Waals surface area (Å²) >= 11 is 0. The molecule has 0 fully saturated rings. The topological polar surface area (TPSA) is 38.5 Å². The molecule has 0 aliphatic carbocycles. The summed E-state index contributed by atoms with van der Waals surface area (Å²) in [6.07, 6.45) is 0.984. The number of nitrogens with zero attached hydrogens (tertiary/aromatic N) is 1. The van der Waals surface area contributed by atoms with Gasteiger partial charge in [-0.1, -0.05) is 24.6 Å². The fraction of sp³-hybridized carbons (Fsp3) is 0.294. The number of rotatable bonds is 5. The summed E-state index contributed by atoms with van der Waals surface area (Å²) in [5, 5.41) is 0. The van der Waals surface area contributed by atoms with Crippen LogP contribution in [0.3, 0.4) is 0 Å². The van der Waals surface area contributed by atoms with Gasteiger partial charge in [0.1, 0.15) is 5.75 Å². The van der Waals surface area contributed by atoms with E-state index in [0.717, 1.165) is 23.5 Å². The molecule has 0 heterocycles. The highest BCUT2D eigenvalue weighted by Crippen LogP contribution is 2.29. The minimum Gasteiger partial charge on any atom is -0.493 e. The molecular weight excluding hydrogens is 248 g/mol. The van der Waals surface area contributed by atoms with Crippen LogP contribution in [0.4, 0.5) is 17.1 Å². The van der Waals surface area contributed by atoms with E-state index in [-0.39, 0.29) is 0 Å². The summed E-state index contributed by atoms with van der Waals surface area (Å²) in [6, 6.07) is 14.3. The summed E-state index contributed by atoms with van der Waals surface area (Å²) in [4.78, 5) is 2.11. The number of benzene rings is 2. The van der Waals surface area contributed by atoms with Gasteiger partial charge in [-0.2, -0.15) is 0 Å². The normalized spacial score (nSPS) is 10.3. The molecule has 0 radical (unpaired) electrons. The van der Waals surface area contributed by atoms with Crippen molar-refractivity contribution in [2.75, 3.05) is 24.3 Å². The molecule has 2 aromatic carbocycles. The Kier molecular flexibility index (Phi) is 4.51. The van der Waals surface area contributed by atoms with E-state index in [1.165, 1.54) is 5.56 Å². The first kappa shape index (κ1) is 14.3. The Balaban J connectivity index is 2.26. The van der Waals surface area contributed by atoms with Crippen LogP contribution in [0.2, 0.25) is 0 Å². The van der Waals surface area contributed by atoms with Crippen LogP contribution in [0.1, 0.15) is 18.9 Å². The Hall–Kier alpha value is -2.16. The van der Waals surface area contributed by atoms with Crippen molar-refractivity contribution in [1.82, 2.24) is 0 Å². The van der Waals surface area contributed by atoms with Crippen molar-refractivity contribution in [3.05, 3.63) is 48.0 Å². The monoisotopic (exact) mass is 270 g/mol. The van der Waals surface area contributed by atoms with E-state index in [4.69, 9.17) is 10.5 Å². The first-order valence-corrected chi connectivity index (χ1v) is 6.94. The molecular formula is C17H22N2O. The molecule has 2 rings (SSSR count). The molecule has 0 saturated carbocycles. The summed E-state index contributed by atoms with van der Waals surface area (Å²) in [7, 11) is 2.03. The zero-order valence-corrected chi connectivity index (χ0v) is 12.4. The quantitative estimate of drug-likeness (QED) is 0.830. The standard InChI is InChI=1S/C17H22N2O/c1-4-9-20-17-11-14(18)10-16(12-17)19(3)15-7-5-13(2)6-8-15/h5-8,10-12H,4,9,18H2,1-3H3. The molecule has 0 aliphatic rings. The molecule has 0 aromatic heterocycles. The Morgan fingerprint density at radius 3 is 2.40 bits per heavy atom. The third-order valence-corrected chi connectivity index (χ3v) is 3.20. The number of aryl methyl sites for hydroxylation is 1. The van der Waals surface area contributed by atoms with E-state index >= 15 is 0 Å². The molecule has 20 heavy (non-hydrogen) atoms. The molecule has 3 nitrogen and oxygen atoms in total. The van der Waals surface area contributed by atoms with Crippen LogP contribution in [-0.2, 0) is 0 Å². The number of nitrogen functional groups attached to an aromatic ring is 1. The summed E-state index contributed by atoms with van der Waals surface area (Å²) in [6.45, 7) is 4.88. The minimum absolute atomic E-state index is 0.705. The molecule has 2 N–H and O–H groups in total. The second-order valence-electron chi connectivity index (χ2n) is 5.00. The summed E-state index contributed by atoms with van der Waals surface area (Å²) < 4.78 is 5.68. The highest BCUT2D eigenvalue weighted by atomic mass is 16.5. The average Bonchev–Trinajstić information content (AvgIpc) is 2.44. The van der Waals surface area contributed by atoms with Gasteiger partial charge in [0.15, 0.2) is 0 Å². The maximum Gasteiger partial charge on any atom is 0.123 e. The Bertz CT molecular complexity index is 564. The fourth-order valence-corrected chi connectivity index (χ4v) is 2.02. The minimum atomic E-state index is 0.705. The number of nitrogens with two attached hydrogens (primary N) is 1. The number of anilines is 3. The number of hydrogen-bond acceptors (Lipinski definition) is 3. The molecule has 0 bridgehead atoms. The van der Waals surface area contributed by atoms with Crippen molar-refractivity contribution in [2.45, 2.75) is 20.3 Å². The van der Waals surface area contributed by atoms with E-state index in [2.05, 4.69) is 43.0 Å². The smallest absolute Gasteiger partial charge is 0.123 e. The van der Waals surface area contributed by atoms with Crippen molar-refractivity contribution in [3.8, 4) is 5.75 Å². The van der Waals surface area contributed by atoms with Crippen LogP contribution < -0.4 is 15.4 Å². The predicted molar refractivity (Wildman–Crippen MR) is 85.9 cm³/mol. The lowest BCUT2D eigenvalue weighted by atomic mass is 10.2. The van der Waals surface area contributed by atoms with Gasteiger partial charge in [0, 0.05) is 36.2 Å². The van der Waals surface area contributed by atoms with Crippen LogP contribution in [-0.4, -0.2) is 13.7 Å². The van der Waals surface area contributed by atoms with Crippen molar-refractivity contribution in [3.63, 3.8) is 0 Å². The van der Waals surface area contributed by atoms with Crippen LogP contribution in [0.5, 0.6) is 5.75 Å². The molecule has 0 spiro atoms. The van der Waals surface area contributed by atoms with Gasteiger partial charge in [0.05, 0.1) is 6.61 Å². The lowest BCUT2D eigenvalue weighted by Crippen LogP contribution is -2.10. The first-order valence-electron chi connectivity index (χ1n) is 6.94. The van der Waals surface area contributed by atoms with E-state index < -0.39 is 0 Å². The van der Waals surface area contributed by atoms with Gasteiger partial charge in [-0.25, -0.2) is 0 Å². The third kappa shape index (κ3) is 3.44. The third-order valence-electron chi connectivity index (χ3n) is 3.20. The second-order valence-corrected chi connectivity index (χ2v) is 5.00. The number of hydrogen-bond donors (Lipinski definition) is 1. The molecule has 3 heteroatoms. The maximum atomic E-state index is 5.96. The van der Waals surface area contributed by atoms with E-state index in [1.54, 1.807) is 0 Å². The highest BCUT2D eigenvalue weighted by Gasteiger charge is 2.07. The lowest BCUT2D eigenvalue weighted by Gasteiger charge is -2.21. The molecule has 0 saturated heterocycles. The molecule has 0 amide bonds. The Morgan fingerprint density at radius 2 is 1.75 bits per heavy atom. The van der Waals surface area contributed by atoms with Crippen LogP contribution in [0, 0.1) is 6.92 Å². The maximum absolute atomic E-state index is 5.96. The van der Waals surface area contributed by atoms with Gasteiger partial charge < -0.3 is 15.4 Å². The van der Waals surface area contributed by atoms with E-state index in [0.29, 0.717) is 12.3 Å². The molecule has 0 unspecified atom stereocenters. The van der Waals surface area contributed by atoms with Gasteiger partial charge in [-0.05, 0) is 31.5 Å². The van der Waals surface area contributed by atoms with Gasteiger partial charge in [-0.15, -0.1) is 0 Å². The largest absolute Gasteiger partial charge is 0.493 e. The predicted octanol–water partition coefficient (Wildman–Crippen LogP) is 4.13. The zero-order valence-electron chi connectivity index (χ0n) is 12.4.